The molecule has 1 amide bonds. The molecule has 0 atom stereocenters. The fourth-order valence-electron chi connectivity index (χ4n) is 1.39. The van der Waals surface area contributed by atoms with Crippen molar-refractivity contribution in [2.45, 2.75) is 0 Å². The maximum absolute atomic E-state index is 9.99. The summed E-state index contributed by atoms with van der Waals surface area (Å²) in [5.41, 5.74) is 0. The van der Waals surface area contributed by atoms with Gasteiger partial charge in [-0.1, -0.05) is 0 Å². The van der Waals surface area contributed by atoms with Crippen molar-refractivity contribution in [3.05, 3.63) is 0 Å². The molecule has 18 heavy (non-hydrogen) atoms. The lowest BCUT2D eigenvalue weighted by molar-refractivity contribution is -0.109. The van der Waals surface area contributed by atoms with Gasteiger partial charge in [-0.05, 0) is 14.1 Å². The van der Waals surface area contributed by atoms with Crippen LogP contribution in [0.4, 0.5) is 0 Å². The van der Waals surface area contributed by atoms with Crippen molar-refractivity contribution >= 4 is 6.41 Å². The number of hydrogen-bond acceptors (Lipinski definition) is 6. The van der Waals surface area contributed by atoms with Crippen molar-refractivity contribution in [2.24, 2.45) is 5.84 Å². The van der Waals surface area contributed by atoms with Crippen LogP contribution in [0.1, 0.15) is 0 Å². The van der Waals surface area contributed by atoms with Crippen LogP contribution >= 0.6 is 0 Å². The van der Waals surface area contributed by atoms with Gasteiger partial charge in [0.2, 0.25) is 6.41 Å². The molecule has 0 fully saturated rings. The molecule has 0 aliphatic rings. The van der Waals surface area contributed by atoms with Gasteiger partial charge in [-0.3, -0.25) is 10.6 Å². The lowest BCUT2D eigenvalue weighted by Gasteiger charge is -2.21. The van der Waals surface area contributed by atoms with Gasteiger partial charge in [0.15, 0.2) is 0 Å². The minimum atomic E-state index is 0.654. The lowest BCUT2D eigenvalue weighted by atomic mass is 10.4. The molecule has 0 heterocycles. The Labute approximate surface area is 110 Å². The van der Waals surface area contributed by atoms with Gasteiger partial charge in [-0.25, -0.2) is 5.01 Å². The minimum absolute atomic E-state index is 0.654. The Hall–Kier alpha value is -0.730. The Morgan fingerprint density at radius 1 is 1.06 bits per heavy atom. The smallest absolute Gasteiger partial charge is 0.207 e. The Morgan fingerprint density at radius 2 is 1.83 bits per heavy atom. The van der Waals surface area contributed by atoms with Crippen LogP contribution in [0.3, 0.4) is 0 Å². The topological polar surface area (TPSA) is 85.7 Å². The first-order chi connectivity index (χ1) is 8.70. The summed E-state index contributed by atoms with van der Waals surface area (Å²) in [4.78, 5) is 12.2. The number of hydrogen-bond donors (Lipinski definition) is 4. The fraction of sp³-hybridized carbons (Fsp3) is 0.909. The fourth-order valence-corrected chi connectivity index (χ4v) is 1.39. The second kappa shape index (κ2) is 12.7. The van der Waals surface area contributed by atoms with E-state index in [-0.39, 0.29) is 0 Å². The van der Waals surface area contributed by atoms with E-state index >= 15 is 0 Å². The van der Waals surface area contributed by atoms with E-state index in [4.69, 9.17) is 5.84 Å². The molecule has 108 valence electrons. The van der Waals surface area contributed by atoms with E-state index in [2.05, 4.69) is 27.9 Å². The average Bonchev–Trinajstić information content (AvgIpc) is 2.38. The Balaban J connectivity index is 3.31. The molecular formula is C11H28N6O. The van der Waals surface area contributed by atoms with Gasteiger partial charge < -0.3 is 20.9 Å². The molecule has 7 nitrogen and oxygen atoms in total. The first kappa shape index (κ1) is 17.3. The maximum Gasteiger partial charge on any atom is 0.207 e. The standard InChI is InChI=1S/C11H28N6O/c1-13-5-7-16(2)9-10-17(12)8-6-14-3-4-15-11-18/h11,13-14H,3-10,12H2,1-2H3,(H,15,18). The van der Waals surface area contributed by atoms with E-state index in [1.165, 1.54) is 0 Å². The van der Waals surface area contributed by atoms with Gasteiger partial charge in [0, 0.05) is 52.4 Å². The third-order valence-corrected chi connectivity index (χ3v) is 2.62. The summed E-state index contributed by atoms with van der Waals surface area (Å²) in [6, 6.07) is 0. The second-order valence-electron chi connectivity index (χ2n) is 4.26. The molecular weight excluding hydrogens is 232 g/mol. The Bertz CT molecular complexity index is 192. The number of likely N-dealkylation sites (N-methyl/N-ethyl adjacent to an activating group) is 2. The predicted octanol–water partition coefficient (Wildman–Crippen LogP) is -2.35. The molecule has 7 heteroatoms. The summed E-state index contributed by atoms with van der Waals surface area (Å²) in [6.07, 6.45) is 0.706. The molecule has 0 saturated carbocycles. The molecule has 0 saturated heterocycles. The SMILES string of the molecule is CNCCN(C)CCN(N)CCNCCNC=O. The van der Waals surface area contributed by atoms with Gasteiger partial charge in [-0.15, -0.1) is 0 Å². The number of amides is 1. The summed E-state index contributed by atoms with van der Waals surface area (Å²) < 4.78 is 0. The molecule has 0 aromatic rings. The molecule has 0 spiro atoms. The van der Waals surface area contributed by atoms with Crippen LogP contribution in [0, 0.1) is 0 Å². The monoisotopic (exact) mass is 260 g/mol. The largest absolute Gasteiger partial charge is 0.357 e. The normalized spacial score (nSPS) is 11.2. The molecule has 0 aliphatic carbocycles. The van der Waals surface area contributed by atoms with Crippen LogP contribution in [0.15, 0.2) is 0 Å². The molecule has 0 aromatic carbocycles. The van der Waals surface area contributed by atoms with Crippen LogP contribution in [-0.4, -0.2) is 82.8 Å². The zero-order valence-corrected chi connectivity index (χ0v) is 11.6. The molecule has 0 bridgehead atoms. The van der Waals surface area contributed by atoms with Crippen LogP contribution < -0.4 is 21.8 Å². The van der Waals surface area contributed by atoms with Gasteiger partial charge in [0.05, 0.1) is 0 Å². The molecule has 0 aromatic heterocycles. The molecule has 0 rings (SSSR count). The average molecular weight is 260 g/mol. The number of nitrogens with two attached hydrogens (primary N) is 1. The van der Waals surface area contributed by atoms with Gasteiger partial charge >= 0.3 is 0 Å². The zero-order chi connectivity index (χ0) is 13.6. The van der Waals surface area contributed by atoms with E-state index in [0.717, 1.165) is 45.8 Å². The quantitative estimate of drug-likeness (QED) is 0.128. The lowest BCUT2D eigenvalue weighted by Crippen LogP contribution is -2.43. The van der Waals surface area contributed by atoms with Crippen molar-refractivity contribution < 1.29 is 4.79 Å². The summed E-state index contributed by atoms with van der Waals surface area (Å²) in [5.74, 6) is 5.87. The third kappa shape index (κ3) is 11.7. The zero-order valence-electron chi connectivity index (χ0n) is 11.6. The highest BCUT2D eigenvalue weighted by atomic mass is 16.1. The summed E-state index contributed by atoms with van der Waals surface area (Å²) >= 11 is 0. The highest BCUT2D eigenvalue weighted by molar-refractivity contribution is 5.45. The Kier molecular flexibility index (Phi) is 12.2. The Morgan fingerprint density at radius 3 is 2.50 bits per heavy atom. The number of nitrogens with one attached hydrogen (secondary N) is 3. The van der Waals surface area contributed by atoms with Crippen LogP contribution in [0.5, 0.6) is 0 Å². The number of hydrazine groups is 1. The number of carbonyl (C=O) groups is 1. The number of nitrogens with zero attached hydrogens (tertiary/aromatic N) is 2. The minimum Gasteiger partial charge on any atom is -0.357 e. The van der Waals surface area contributed by atoms with E-state index in [1.54, 1.807) is 0 Å². The van der Waals surface area contributed by atoms with Gasteiger partial charge in [0.25, 0.3) is 0 Å². The molecule has 0 radical (unpaired) electrons. The highest BCUT2D eigenvalue weighted by Crippen LogP contribution is 1.83. The highest BCUT2D eigenvalue weighted by Gasteiger charge is 2.01. The number of carbonyl (C=O) groups excluding carboxylic acids is 1. The third-order valence-electron chi connectivity index (χ3n) is 2.62. The molecule has 0 unspecified atom stereocenters. The molecule has 0 aliphatic heterocycles. The predicted molar refractivity (Wildman–Crippen MR) is 74.1 cm³/mol. The van der Waals surface area contributed by atoms with Crippen LogP contribution in [-0.2, 0) is 4.79 Å². The van der Waals surface area contributed by atoms with E-state index < -0.39 is 0 Å². The summed E-state index contributed by atoms with van der Waals surface area (Å²) in [5, 5.41) is 10.7. The maximum atomic E-state index is 9.99. The summed E-state index contributed by atoms with van der Waals surface area (Å²) in [6.45, 7) is 6.90. The van der Waals surface area contributed by atoms with Crippen LogP contribution in [0.2, 0.25) is 0 Å². The second-order valence-corrected chi connectivity index (χ2v) is 4.26. The van der Waals surface area contributed by atoms with E-state index in [1.807, 2.05) is 12.1 Å². The van der Waals surface area contributed by atoms with E-state index in [9.17, 15) is 4.79 Å². The first-order valence-electron chi connectivity index (χ1n) is 6.41. The van der Waals surface area contributed by atoms with Crippen molar-refractivity contribution in [3.8, 4) is 0 Å². The van der Waals surface area contributed by atoms with E-state index in [0.29, 0.717) is 13.0 Å². The van der Waals surface area contributed by atoms with Crippen molar-refractivity contribution in [1.82, 2.24) is 25.9 Å². The number of rotatable bonds is 13. The van der Waals surface area contributed by atoms with Crippen molar-refractivity contribution in [3.63, 3.8) is 0 Å². The first-order valence-corrected chi connectivity index (χ1v) is 6.41. The van der Waals surface area contributed by atoms with Gasteiger partial charge in [-0.2, -0.15) is 0 Å². The van der Waals surface area contributed by atoms with Crippen LogP contribution in [0.25, 0.3) is 0 Å². The summed E-state index contributed by atoms with van der Waals surface area (Å²) in [7, 11) is 4.04. The molecule has 5 N–H and O–H groups in total. The van der Waals surface area contributed by atoms with Crippen molar-refractivity contribution in [2.75, 3.05) is 66.5 Å². The van der Waals surface area contributed by atoms with Crippen molar-refractivity contribution in [1.29, 1.82) is 0 Å². The van der Waals surface area contributed by atoms with Gasteiger partial charge in [0.1, 0.15) is 0 Å².